The third kappa shape index (κ3) is 1.39. The zero-order valence-corrected chi connectivity index (χ0v) is 6.08. The van der Waals surface area contributed by atoms with Crippen LogP contribution in [0.1, 0.15) is 5.69 Å². The van der Waals surface area contributed by atoms with Crippen LogP contribution in [0.5, 0.6) is 0 Å². The van der Waals surface area contributed by atoms with Crippen LogP contribution < -0.4 is 5.32 Å². The summed E-state index contributed by atoms with van der Waals surface area (Å²) in [5.41, 5.74) is 0.880. The van der Waals surface area contributed by atoms with Crippen molar-refractivity contribution in [3.05, 3.63) is 36.3 Å². The molecule has 1 radical (unpaired) electrons. The molecule has 0 amide bonds. The summed E-state index contributed by atoms with van der Waals surface area (Å²) >= 11 is 0. The average molecular weight is 149 g/mol. The second kappa shape index (κ2) is 2.98. The normalized spacial score (nSPS) is 18.9. The van der Waals surface area contributed by atoms with Gasteiger partial charge in [-0.1, -0.05) is 6.07 Å². The Kier molecular flexibility index (Phi) is 1.83. The Hall–Kier alpha value is -0.930. The number of aromatic nitrogens is 1. The molecule has 0 atom stereocenters. The second-order valence-corrected chi connectivity index (χ2v) is 2.32. The number of hydrogen-bond acceptors (Lipinski definition) is 3. The van der Waals surface area contributed by atoms with Crippen LogP contribution in [0.4, 0.5) is 0 Å². The van der Waals surface area contributed by atoms with E-state index in [2.05, 4.69) is 10.3 Å². The maximum atomic E-state index is 5.28. The quantitative estimate of drug-likeness (QED) is 0.632. The van der Waals surface area contributed by atoms with Crippen molar-refractivity contribution in [2.24, 2.45) is 0 Å². The number of nitrogens with one attached hydrogen (secondary N) is 1. The zero-order chi connectivity index (χ0) is 7.52. The van der Waals surface area contributed by atoms with Gasteiger partial charge in [-0.25, -0.2) is 0 Å². The van der Waals surface area contributed by atoms with Crippen molar-refractivity contribution in [1.82, 2.24) is 10.3 Å². The predicted octanol–water partition coefficient (Wildman–Crippen LogP) is 0.539. The van der Waals surface area contributed by atoms with Crippen LogP contribution >= 0.6 is 0 Å². The Bertz CT molecular complexity index is 219. The Balaban J connectivity index is 2.16. The Labute approximate surface area is 65.4 Å². The molecular weight excluding hydrogens is 140 g/mol. The van der Waals surface area contributed by atoms with Gasteiger partial charge in [0.05, 0.1) is 12.3 Å². The fourth-order valence-electron chi connectivity index (χ4n) is 1.03. The lowest BCUT2D eigenvalue weighted by atomic mass is 10.3. The van der Waals surface area contributed by atoms with Crippen molar-refractivity contribution in [3.8, 4) is 0 Å². The van der Waals surface area contributed by atoms with Crippen LogP contribution in [-0.4, -0.2) is 18.1 Å². The molecule has 1 aromatic heterocycles. The molecule has 11 heavy (non-hydrogen) atoms. The molecule has 2 heterocycles. The Morgan fingerprint density at radius 2 is 2.45 bits per heavy atom. The van der Waals surface area contributed by atoms with Gasteiger partial charge in [0.2, 0.25) is 6.23 Å². The van der Waals surface area contributed by atoms with Crippen LogP contribution in [0.3, 0.4) is 0 Å². The number of hydrogen-bond donors (Lipinski definition) is 1. The number of pyridine rings is 1. The van der Waals surface area contributed by atoms with Gasteiger partial charge in [-0.15, -0.1) is 0 Å². The molecule has 1 aliphatic heterocycles. The molecule has 0 spiro atoms. The van der Waals surface area contributed by atoms with Crippen molar-refractivity contribution in [1.29, 1.82) is 0 Å². The molecule has 1 aliphatic rings. The van der Waals surface area contributed by atoms with Crippen molar-refractivity contribution in [2.75, 3.05) is 13.2 Å². The van der Waals surface area contributed by atoms with E-state index in [4.69, 9.17) is 4.74 Å². The summed E-state index contributed by atoms with van der Waals surface area (Å²) in [7, 11) is 0. The van der Waals surface area contributed by atoms with Crippen molar-refractivity contribution < 1.29 is 4.74 Å². The molecule has 1 saturated heterocycles. The average Bonchev–Trinajstić information content (AvgIpc) is 2.58. The van der Waals surface area contributed by atoms with Gasteiger partial charge in [0.15, 0.2) is 0 Å². The highest BCUT2D eigenvalue weighted by atomic mass is 16.5. The largest absolute Gasteiger partial charge is 0.349 e. The first-order chi connectivity index (χ1) is 5.47. The van der Waals surface area contributed by atoms with E-state index in [1.807, 2.05) is 18.2 Å². The highest BCUT2D eigenvalue weighted by Crippen LogP contribution is 2.12. The van der Waals surface area contributed by atoms with Crippen LogP contribution in [0.2, 0.25) is 0 Å². The van der Waals surface area contributed by atoms with E-state index in [1.165, 1.54) is 0 Å². The molecule has 0 unspecified atom stereocenters. The summed E-state index contributed by atoms with van der Waals surface area (Å²) in [6.45, 7) is 1.62. The first kappa shape index (κ1) is 6.76. The summed E-state index contributed by atoms with van der Waals surface area (Å²) in [6, 6.07) is 5.76. The van der Waals surface area contributed by atoms with E-state index in [-0.39, 0.29) is 0 Å². The maximum absolute atomic E-state index is 5.28. The predicted molar refractivity (Wildman–Crippen MR) is 40.5 cm³/mol. The van der Waals surface area contributed by atoms with Crippen molar-refractivity contribution >= 4 is 0 Å². The monoisotopic (exact) mass is 149 g/mol. The van der Waals surface area contributed by atoms with Gasteiger partial charge in [-0.05, 0) is 12.1 Å². The minimum Gasteiger partial charge on any atom is -0.349 e. The summed E-state index contributed by atoms with van der Waals surface area (Å²) in [6.07, 6.45) is 2.55. The third-order valence-electron chi connectivity index (χ3n) is 1.53. The molecule has 0 bridgehead atoms. The summed E-state index contributed by atoms with van der Waals surface area (Å²) < 4.78 is 5.28. The lowest BCUT2D eigenvalue weighted by Gasteiger charge is -2.05. The highest BCUT2D eigenvalue weighted by Gasteiger charge is 2.18. The molecule has 3 heteroatoms. The van der Waals surface area contributed by atoms with E-state index in [1.54, 1.807) is 6.20 Å². The van der Waals surface area contributed by atoms with Crippen LogP contribution in [0.25, 0.3) is 0 Å². The number of rotatable bonds is 1. The maximum Gasteiger partial charge on any atom is 0.211 e. The van der Waals surface area contributed by atoms with Crippen molar-refractivity contribution in [2.45, 2.75) is 0 Å². The molecule has 0 aromatic carbocycles. The molecule has 1 aromatic rings. The van der Waals surface area contributed by atoms with Gasteiger partial charge in [0, 0.05) is 12.7 Å². The van der Waals surface area contributed by atoms with E-state index in [9.17, 15) is 0 Å². The molecule has 1 fully saturated rings. The van der Waals surface area contributed by atoms with Gasteiger partial charge >= 0.3 is 0 Å². The van der Waals surface area contributed by atoms with Gasteiger partial charge in [-0.2, -0.15) is 0 Å². The summed E-state index contributed by atoms with van der Waals surface area (Å²) in [5.74, 6) is 0. The van der Waals surface area contributed by atoms with Gasteiger partial charge in [0.1, 0.15) is 0 Å². The number of ether oxygens (including phenoxy) is 1. The molecular formula is C8H9N2O. The Morgan fingerprint density at radius 3 is 3.09 bits per heavy atom. The standard InChI is InChI=1S/C8H9N2O/c1-2-4-9-7(3-1)8-10-5-6-11-8/h1-4,10H,5-6H2. The van der Waals surface area contributed by atoms with E-state index in [0.717, 1.165) is 25.1 Å². The zero-order valence-electron chi connectivity index (χ0n) is 6.08. The molecule has 1 N–H and O–H groups in total. The van der Waals surface area contributed by atoms with Crippen LogP contribution in [-0.2, 0) is 4.74 Å². The third-order valence-corrected chi connectivity index (χ3v) is 1.53. The lowest BCUT2D eigenvalue weighted by Crippen LogP contribution is -2.15. The van der Waals surface area contributed by atoms with E-state index < -0.39 is 0 Å². The molecule has 2 rings (SSSR count). The van der Waals surface area contributed by atoms with Crippen molar-refractivity contribution in [3.63, 3.8) is 0 Å². The first-order valence-electron chi connectivity index (χ1n) is 3.62. The molecule has 0 aliphatic carbocycles. The summed E-state index contributed by atoms with van der Waals surface area (Å²) in [5, 5.41) is 3.10. The van der Waals surface area contributed by atoms with Gasteiger partial charge in [0.25, 0.3) is 0 Å². The fraction of sp³-hybridized carbons (Fsp3) is 0.250. The van der Waals surface area contributed by atoms with Crippen LogP contribution in [0, 0.1) is 6.23 Å². The molecule has 57 valence electrons. The lowest BCUT2D eigenvalue weighted by molar-refractivity contribution is 0.211. The first-order valence-corrected chi connectivity index (χ1v) is 3.62. The molecule has 3 nitrogen and oxygen atoms in total. The minimum atomic E-state index is 0.742. The topological polar surface area (TPSA) is 34.1 Å². The molecule has 0 saturated carbocycles. The van der Waals surface area contributed by atoms with Gasteiger partial charge in [-0.3, -0.25) is 10.3 Å². The smallest absolute Gasteiger partial charge is 0.211 e. The second-order valence-electron chi connectivity index (χ2n) is 2.32. The Morgan fingerprint density at radius 1 is 1.45 bits per heavy atom. The summed E-state index contributed by atoms with van der Waals surface area (Å²) in [4.78, 5) is 4.14. The highest BCUT2D eigenvalue weighted by molar-refractivity contribution is 5.17. The fourth-order valence-corrected chi connectivity index (χ4v) is 1.03. The number of nitrogens with zero attached hydrogens (tertiary/aromatic N) is 1. The van der Waals surface area contributed by atoms with E-state index >= 15 is 0 Å². The van der Waals surface area contributed by atoms with Gasteiger partial charge < -0.3 is 4.74 Å². The minimum absolute atomic E-state index is 0.742. The SMILES string of the molecule is c1ccc([C]2NCCO2)nc1. The van der Waals surface area contributed by atoms with E-state index in [0.29, 0.717) is 0 Å². The van der Waals surface area contributed by atoms with Crippen LogP contribution in [0.15, 0.2) is 24.4 Å².